The van der Waals surface area contributed by atoms with Gasteiger partial charge in [0.1, 0.15) is 17.2 Å². The molecule has 2 heterocycles. The van der Waals surface area contributed by atoms with Crippen LogP contribution in [0, 0.1) is 6.92 Å². The van der Waals surface area contributed by atoms with E-state index in [1.165, 1.54) is 4.90 Å². The molecular formula is C31H37N5O4. The number of carbonyl (C=O) groups excluding carboxylic acids is 2. The number of amides is 2. The molecule has 0 aliphatic carbocycles. The van der Waals surface area contributed by atoms with Gasteiger partial charge in [0.05, 0.1) is 16.9 Å². The number of anilines is 1. The van der Waals surface area contributed by atoms with Crippen LogP contribution in [-0.2, 0) is 17.7 Å². The lowest BCUT2D eigenvalue weighted by atomic mass is 10.0. The van der Waals surface area contributed by atoms with Crippen LogP contribution >= 0.6 is 0 Å². The third kappa shape index (κ3) is 6.77. The maximum atomic E-state index is 12.3. The zero-order valence-electron chi connectivity index (χ0n) is 24.2. The molecule has 0 aliphatic heterocycles. The molecule has 1 N–H and O–H groups in total. The smallest absolute Gasteiger partial charge is 0.428 e. The second-order valence-corrected chi connectivity index (χ2v) is 10.9. The van der Waals surface area contributed by atoms with E-state index in [4.69, 9.17) is 14.5 Å². The second-order valence-electron chi connectivity index (χ2n) is 10.9. The number of carbonyl (C=O) groups is 2. The van der Waals surface area contributed by atoms with E-state index in [9.17, 15) is 9.59 Å². The molecule has 0 aliphatic rings. The summed E-state index contributed by atoms with van der Waals surface area (Å²) in [5.41, 5.74) is 5.04. The standard InChI is InChI=1S/C31H37N5O4/c1-8-11-27-34-28-25(18-24(20(2)32-28)33-29(37)35(6)7)36(27)19-21-14-16-22(17-15-21)23-12-9-10-13-26(23)39-30(38)40-31(3,4)5/h9-10,12-18H,8,11,19H2,1-7H3,(H,33,37). The first-order valence-corrected chi connectivity index (χ1v) is 13.4. The van der Waals surface area contributed by atoms with Crippen molar-refractivity contribution < 1.29 is 19.1 Å². The molecule has 2 aromatic heterocycles. The van der Waals surface area contributed by atoms with Gasteiger partial charge in [0.2, 0.25) is 0 Å². The Morgan fingerprint density at radius 2 is 1.73 bits per heavy atom. The fraction of sp³-hybridized carbons (Fsp3) is 0.355. The van der Waals surface area contributed by atoms with Crippen molar-refractivity contribution in [2.24, 2.45) is 0 Å². The summed E-state index contributed by atoms with van der Waals surface area (Å²) in [7, 11) is 3.40. The first-order chi connectivity index (χ1) is 18.9. The number of urea groups is 1. The molecule has 0 spiro atoms. The molecule has 0 fully saturated rings. The van der Waals surface area contributed by atoms with Crippen molar-refractivity contribution >= 4 is 29.0 Å². The summed E-state index contributed by atoms with van der Waals surface area (Å²) in [6, 6.07) is 17.3. The Morgan fingerprint density at radius 1 is 1.02 bits per heavy atom. The van der Waals surface area contributed by atoms with Crippen molar-refractivity contribution in [2.75, 3.05) is 19.4 Å². The number of ether oxygens (including phenoxy) is 2. The van der Waals surface area contributed by atoms with Gasteiger partial charge in [0.25, 0.3) is 0 Å². The molecule has 0 atom stereocenters. The number of hydrogen-bond acceptors (Lipinski definition) is 6. The van der Waals surface area contributed by atoms with E-state index in [0.717, 1.165) is 40.9 Å². The molecule has 0 bridgehead atoms. The van der Waals surface area contributed by atoms with Crippen LogP contribution in [0.1, 0.15) is 51.2 Å². The molecule has 0 saturated carbocycles. The lowest BCUT2D eigenvalue weighted by Gasteiger charge is -2.19. The van der Waals surface area contributed by atoms with E-state index in [-0.39, 0.29) is 6.03 Å². The van der Waals surface area contributed by atoms with Crippen LogP contribution in [0.2, 0.25) is 0 Å². The van der Waals surface area contributed by atoms with Crippen molar-refractivity contribution in [1.29, 1.82) is 0 Å². The maximum absolute atomic E-state index is 12.3. The Labute approximate surface area is 235 Å². The average Bonchev–Trinajstić information content (AvgIpc) is 3.19. The van der Waals surface area contributed by atoms with Gasteiger partial charge in [-0.1, -0.05) is 49.4 Å². The lowest BCUT2D eigenvalue weighted by molar-refractivity contribution is 0.0207. The van der Waals surface area contributed by atoms with Crippen molar-refractivity contribution in [1.82, 2.24) is 19.4 Å². The Bertz CT molecular complexity index is 1520. The van der Waals surface area contributed by atoms with Gasteiger partial charge >= 0.3 is 12.2 Å². The lowest BCUT2D eigenvalue weighted by Crippen LogP contribution is -2.27. The fourth-order valence-corrected chi connectivity index (χ4v) is 4.26. The minimum absolute atomic E-state index is 0.212. The van der Waals surface area contributed by atoms with Gasteiger partial charge in [-0.2, -0.15) is 0 Å². The summed E-state index contributed by atoms with van der Waals surface area (Å²) in [6.45, 7) is 9.97. The molecule has 210 valence electrons. The number of aromatic nitrogens is 3. The van der Waals surface area contributed by atoms with Crippen LogP contribution in [0.3, 0.4) is 0 Å². The summed E-state index contributed by atoms with van der Waals surface area (Å²) in [5, 5.41) is 2.93. The first kappa shape index (κ1) is 28.6. The van der Waals surface area contributed by atoms with Gasteiger partial charge < -0.3 is 24.3 Å². The number of nitrogens with one attached hydrogen (secondary N) is 1. The van der Waals surface area contributed by atoms with Crippen molar-refractivity contribution in [2.45, 2.75) is 59.6 Å². The molecule has 40 heavy (non-hydrogen) atoms. The summed E-state index contributed by atoms with van der Waals surface area (Å²) < 4.78 is 13.0. The molecule has 2 aromatic carbocycles. The van der Waals surface area contributed by atoms with Gasteiger partial charge in [0, 0.05) is 32.6 Å². The Kier molecular flexibility index (Phi) is 8.42. The highest BCUT2D eigenvalue weighted by Gasteiger charge is 2.20. The van der Waals surface area contributed by atoms with Crippen LogP contribution in [0.4, 0.5) is 15.3 Å². The van der Waals surface area contributed by atoms with Crippen LogP contribution < -0.4 is 10.1 Å². The van der Waals surface area contributed by atoms with Crippen molar-refractivity contribution in [3.05, 3.63) is 71.7 Å². The third-order valence-electron chi connectivity index (χ3n) is 6.21. The quantitative estimate of drug-likeness (QED) is 0.203. The zero-order chi connectivity index (χ0) is 29.0. The Balaban J connectivity index is 1.63. The van der Waals surface area contributed by atoms with E-state index >= 15 is 0 Å². The number of imidazole rings is 1. The molecule has 9 nitrogen and oxygen atoms in total. The number of para-hydroxylation sites is 1. The highest BCUT2D eigenvalue weighted by atomic mass is 16.7. The highest BCUT2D eigenvalue weighted by molar-refractivity contribution is 5.91. The summed E-state index contributed by atoms with van der Waals surface area (Å²) in [4.78, 5) is 35.6. The van der Waals surface area contributed by atoms with Gasteiger partial charge in [-0.25, -0.2) is 19.6 Å². The Morgan fingerprint density at radius 3 is 2.38 bits per heavy atom. The molecule has 2 amide bonds. The number of benzene rings is 2. The largest absolute Gasteiger partial charge is 0.514 e. The summed E-state index contributed by atoms with van der Waals surface area (Å²) in [5.74, 6) is 1.38. The highest BCUT2D eigenvalue weighted by Crippen LogP contribution is 2.31. The SMILES string of the molecule is CCCc1nc2nc(C)c(NC(=O)N(C)C)cc2n1Cc1ccc(-c2ccccc2OC(=O)OC(C)(C)C)cc1. The number of hydrogen-bond donors (Lipinski definition) is 1. The predicted octanol–water partition coefficient (Wildman–Crippen LogP) is 6.81. The Hall–Kier alpha value is -4.40. The molecule has 0 unspecified atom stereocenters. The van der Waals surface area contributed by atoms with Gasteiger partial charge in [0.15, 0.2) is 5.65 Å². The number of pyridine rings is 1. The van der Waals surface area contributed by atoms with Crippen molar-refractivity contribution in [3.8, 4) is 16.9 Å². The number of rotatable bonds is 7. The van der Waals surface area contributed by atoms with Gasteiger partial charge in [-0.15, -0.1) is 0 Å². The van der Waals surface area contributed by atoms with Gasteiger partial charge in [-0.3, -0.25) is 0 Å². The van der Waals surface area contributed by atoms with Crippen LogP contribution in [-0.4, -0.2) is 51.3 Å². The number of nitrogens with zero attached hydrogens (tertiary/aromatic N) is 4. The number of fused-ring (bicyclic) bond motifs is 1. The van der Waals surface area contributed by atoms with E-state index in [1.807, 2.05) is 43.3 Å². The summed E-state index contributed by atoms with van der Waals surface area (Å²) in [6.07, 6.45) is 1.01. The van der Waals surface area contributed by atoms with E-state index < -0.39 is 11.8 Å². The predicted molar refractivity (Wildman–Crippen MR) is 157 cm³/mol. The van der Waals surface area contributed by atoms with E-state index in [0.29, 0.717) is 29.3 Å². The maximum Gasteiger partial charge on any atom is 0.514 e. The number of aryl methyl sites for hydroxylation is 2. The normalized spacial score (nSPS) is 11.4. The zero-order valence-corrected chi connectivity index (χ0v) is 24.2. The van der Waals surface area contributed by atoms with Crippen molar-refractivity contribution in [3.63, 3.8) is 0 Å². The van der Waals surface area contributed by atoms with Crippen LogP contribution in [0.25, 0.3) is 22.3 Å². The minimum atomic E-state index is -0.739. The molecular weight excluding hydrogens is 506 g/mol. The summed E-state index contributed by atoms with van der Waals surface area (Å²) >= 11 is 0. The molecule has 0 radical (unpaired) electrons. The molecule has 4 aromatic rings. The van der Waals surface area contributed by atoms with E-state index in [2.05, 4.69) is 33.9 Å². The van der Waals surface area contributed by atoms with Crippen LogP contribution in [0.5, 0.6) is 5.75 Å². The minimum Gasteiger partial charge on any atom is -0.428 e. The second kappa shape index (κ2) is 11.8. The average molecular weight is 544 g/mol. The molecule has 0 saturated heterocycles. The topological polar surface area (TPSA) is 98.6 Å². The van der Waals surface area contributed by atoms with Gasteiger partial charge in [-0.05, 0) is 57.4 Å². The molecule has 4 rings (SSSR count). The fourth-order valence-electron chi connectivity index (χ4n) is 4.26. The molecule has 9 heteroatoms. The first-order valence-electron chi connectivity index (χ1n) is 13.4. The monoisotopic (exact) mass is 543 g/mol. The van der Waals surface area contributed by atoms with Crippen LogP contribution in [0.15, 0.2) is 54.6 Å². The van der Waals surface area contributed by atoms with E-state index in [1.54, 1.807) is 40.9 Å². The third-order valence-corrected chi connectivity index (χ3v) is 6.21.